The Balaban J connectivity index is 1.85. The second kappa shape index (κ2) is 9.03. The van der Waals surface area contributed by atoms with E-state index in [2.05, 4.69) is 19.2 Å². The fraction of sp³-hybridized carbons (Fsp3) is 0.250. The predicted octanol–water partition coefficient (Wildman–Crippen LogP) is 3.80. The Morgan fingerprint density at radius 1 is 1.26 bits per heavy atom. The van der Waals surface area contributed by atoms with Crippen molar-refractivity contribution in [2.75, 3.05) is 0 Å². The number of hydrogen-bond donors (Lipinski definition) is 1. The second-order valence-electron chi connectivity index (χ2n) is 6.81. The predicted molar refractivity (Wildman–Crippen MR) is 111 cm³/mol. The molecule has 0 spiro atoms. The molecule has 1 N–H and O–H groups in total. The monoisotopic (exact) mass is 462 g/mol. The molecule has 31 heavy (non-hydrogen) atoms. The molecule has 2 aromatic carbocycles. The van der Waals surface area contributed by atoms with Crippen molar-refractivity contribution in [2.24, 2.45) is 0 Å². The van der Waals surface area contributed by atoms with E-state index in [0.717, 1.165) is 11.1 Å². The number of benzene rings is 2. The first-order valence-electron chi connectivity index (χ1n) is 9.01. The van der Waals surface area contributed by atoms with Crippen molar-refractivity contribution in [3.8, 4) is 17.2 Å². The molecule has 0 saturated heterocycles. The van der Waals surface area contributed by atoms with Crippen LogP contribution in [0.4, 0.5) is 5.69 Å². The maximum absolute atomic E-state index is 10.7. The van der Waals surface area contributed by atoms with Crippen LogP contribution >= 0.6 is 11.6 Å². The van der Waals surface area contributed by atoms with Gasteiger partial charge in [-0.25, -0.2) is 13.3 Å². The van der Waals surface area contributed by atoms with Crippen LogP contribution in [0.15, 0.2) is 40.8 Å². The van der Waals surface area contributed by atoms with Crippen molar-refractivity contribution >= 4 is 27.7 Å². The Kier molecular flexibility index (Phi) is 6.62. The van der Waals surface area contributed by atoms with E-state index in [0.29, 0.717) is 22.7 Å². The summed E-state index contributed by atoms with van der Waals surface area (Å²) in [5.41, 5.74) is 2.40. The van der Waals surface area contributed by atoms with Crippen LogP contribution in [0.1, 0.15) is 29.9 Å². The Labute approximate surface area is 184 Å². The molecule has 1 aromatic heterocycles. The highest BCUT2D eigenvalue weighted by atomic mass is 35.5. The third kappa shape index (κ3) is 5.39. The lowest BCUT2D eigenvalue weighted by atomic mass is 9.92. The van der Waals surface area contributed by atoms with Crippen molar-refractivity contribution in [1.82, 2.24) is 10.2 Å². The van der Waals surface area contributed by atoms with Crippen LogP contribution < -0.4 is 4.18 Å². The zero-order valence-corrected chi connectivity index (χ0v) is 18.0. The highest BCUT2D eigenvalue weighted by molar-refractivity contribution is 7.81. The van der Waals surface area contributed by atoms with Crippen LogP contribution in [-0.4, -0.2) is 34.4 Å². The van der Waals surface area contributed by atoms with Gasteiger partial charge in [0, 0.05) is 5.56 Å². The molecule has 9 nitrogen and oxygen atoms in total. The standard InChI is InChI=1S/C20H18ClN3O6S/c1-11-14(6-9-17(22-3)18(11)21)10-16(12(2)25)20-24-23-19(29-20)13-4-7-15(8-5-13)30-31(26,27)28/h4-9,12,16,25H,10H2,1-2H3,(H,26,27,28)/p-1/t12-,16+/m0/s1. The number of nitrogens with zero attached hydrogens (tertiary/aromatic N) is 3. The number of halogens is 1. The molecule has 3 aromatic rings. The molecule has 0 aliphatic rings. The van der Waals surface area contributed by atoms with Crippen molar-refractivity contribution in [3.63, 3.8) is 0 Å². The summed E-state index contributed by atoms with van der Waals surface area (Å²) < 4.78 is 42.0. The molecule has 0 fully saturated rings. The first kappa shape index (κ1) is 22.7. The van der Waals surface area contributed by atoms with Gasteiger partial charge in [-0.05, 0) is 55.7 Å². The van der Waals surface area contributed by atoms with Gasteiger partial charge in [0.15, 0.2) is 0 Å². The Morgan fingerprint density at radius 2 is 1.94 bits per heavy atom. The van der Waals surface area contributed by atoms with Gasteiger partial charge in [0.25, 0.3) is 10.4 Å². The largest absolute Gasteiger partial charge is 0.716 e. The summed E-state index contributed by atoms with van der Waals surface area (Å²) in [5, 5.41) is 18.7. The Morgan fingerprint density at radius 3 is 2.52 bits per heavy atom. The molecule has 3 rings (SSSR count). The van der Waals surface area contributed by atoms with E-state index < -0.39 is 22.4 Å². The van der Waals surface area contributed by atoms with Crippen molar-refractivity contribution in [3.05, 3.63) is 69.9 Å². The smallest absolute Gasteiger partial charge is 0.262 e. The highest BCUT2D eigenvalue weighted by Crippen LogP contribution is 2.34. The molecular formula is C20H17ClN3O6S-. The summed E-state index contributed by atoms with van der Waals surface area (Å²) in [6.07, 6.45) is -0.456. The Hall–Kier alpha value is -2.97. The molecule has 1 heterocycles. The summed E-state index contributed by atoms with van der Waals surface area (Å²) >= 11 is 6.25. The lowest BCUT2D eigenvalue weighted by molar-refractivity contribution is 0.148. The van der Waals surface area contributed by atoms with Crippen LogP contribution in [0.3, 0.4) is 0 Å². The minimum absolute atomic E-state index is 0.143. The molecule has 0 unspecified atom stereocenters. The molecule has 0 amide bonds. The normalized spacial score (nSPS) is 13.4. The minimum atomic E-state index is -4.87. The summed E-state index contributed by atoms with van der Waals surface area (Å²) in [5.74, 6) is -0.314. The average molecular weight is 463 g/mol. The van der Waals surface area contributed by atoms with Crippen molar-refractivity contribution in [1.29, 1.82) is 0 Å². The van der Waals surface area contributed by atoms with Crippen molar-refractivity contribution < 1.29 is 26.7 Å². The quantitative estimate of drug-likeness (QED) is 0.319. The molecule has 162 valence electrons. The van der Waals surface area contributed by atoms with Crippen LogP contribution in [0.5, 0.6) is 5.75 Å². The molecule has 0 aliphatic carbocycles. The van der Waals surface area contributed by atoms with E-state index in [1.54, 1.807) is 26.0 Å². The first-order chi connectivity index (χ1) is 14.6. The number of aromatic nitrogens is 2. The molecule has 0 radical (unpaired) electrons. The van der Waals surface area contributed by atoms with Crippen LogP contribution in [0.25, 0.3) is 16.3 Å². The van der Waals surface area contributed by atoms with Gasteiger partial charge in [-0.15, -0.1) is 10.2 Å². The second-order valence-corrected chi connectivity index (χ2v) is 8.17. The number of aliphatic hydroxyl groups is 1. The van der Waals surface area contributed by atoms with Crippen molar-refractivity contribution in [2.45, 2.75) is 32.3 Å². The summed E-state index contributed by atoms with van der Waals surface area (Å²) in [4.78, 5) is 3.38. The van der Waals surface area contributed by atoms with Gasteiger partial charge in [0.2, 0.25) is 17.5 Å². The lowest BCUT2D eigenvalue weighted by Gasteiger charge is -2.18. The van der Waals surface area contributed by atoms with Gasteiger partial charge in [-0.3, -0.25) is 0 Å². The van der Waals surface area contributed by atoms with E-state index in [1.807, 2.05) is 0 Å². The number of hydrogen-bond acceptors (Lipinski definition) is 8. The fourth-order valence-electron chi connectivity index (χ4n) is 2.99. The number of rotatable bonds is 7. The fourth-order valence-corrected chi connectivity index (χ4v) is 3.56. The first-order valence-corrected chi connectivity index (χ1v) is 10.7. The highest BCUT2D eigenvalue weighted by Gasteiger charge is 2.26. The molecule has 11 heteroatoms. The van der Waals surface area contributed by atoms with Gasteiger partial charge in [-0.2, -0.15) is 0 Å². The molecule has 0 aliphatic heterocycles. The molecule has 0 bridgehead atoms. The van der Waals surface area contributed by atoms with E-state index in [-0.39, 0.29) is 17.5 Å². The van der Waals surface area contributed by atoms with E-state index in [1.165, 1.54) is 24.3 Å². The summed E-state index contributed by atoms with van der Waals surface area (Å²) in [6, 6.07) is 8.90. The Bertz CT molecular complexity index is 1230. The van der Waals surface area contributed by atoms with Gasteiger partial charge in [0.05, 0.1) is 23.6 Å². The molecule has 2 atom stereocenters. The maximum Gasteiger partial charge on any atom is 0.262 e. The van der Waals surface area contributed by atoms with Gasteiger partial charge >= 0.3 is 0 Å². The average Bonchev–Trinajstić information content (AvgIpc) is 3.18. The summed E-state index contributed by atoms with van der Waals surface area (Å²) in [7, 11) is -4.87. The van der Waals surface area contributed by atoms with E-state index in [4.69, 9.17) is 22.6 Å². The minimum Gasteiger partial charge on any atom is -0.716 e. The van der Waals surface area contributed by atoms with Gasteiger partial charge < -0.3 is 18.3 Å². The molecule has 0 saturated carbocycles. The van der Waals surface area contributed by atoms with Gasteiger partial charge in [0.1, 0.15) is 5.75 Å². The third-order valence-electron chi connectivity index (χ3n) is 4.68. The topological polar surface area (TPSA) is 130 Å². The van der Waals surface area contributed by atoms with E-state index >= 15 is 0 Å². The van der Waals surface area contributed by atoms with E-state index in [9.17, 15) is 18.1 Å². The lowest BCUT2D eigenvalue weighted by Crippen LogP contribution is -2.18. The maximum atomic E-state index is 10.7. The zero-order chi connectivity index (χ0) is 22.8. The zero-order valence-electron chi connectivity index (χ0n) is 16.4. The van der Waals surface area contributed by atoms with Crippen LogP contribution in [0.2, 0.25) is 5.02 Å². The summed E-state index contributed by atoms with van der Waals surface area (Å²) in [6.45, 7) is 10.6. The van der Waals surface area contributed by atoms with Crippen LogP contribution in [0, 0.1) is 13.5 Å². The third-order valence-corrected chi connectivity index (χ3v) is 5.55. The SMILES string of the molecule is [C-]#[N+]c1ccc(C[C@@H](c2nnc(-c3ccc(OS(=O)(=O)[O-])cc3)o2)[C@H](C)O)c(C)c1Cl. The number of aliphatic hydroxyl groups excluding tert-OH is 1. The van der Waals surface area contributed by atoms with Gasteiger partial charge in [-0.1, -0.05) is 23.7 Å². The molecular weight excluding hydrogens is 446 g/mol. The van der Waals surface area contributed by atoms with Crippen LogP contribution in [-0.2, 0) is 16.8 Å².